The van der Waals surface area contributed by atoms with Crippen molar-refractivity contribution in [3.05, 3.63) is 47.0 Å². The molecule has 2 aromatic rings. The molecule has 0 atom stereocenters. The molecule has 0 aromatic heterocycles. The molecule has 4 nitrogen and oxygen atoms in total. The molecule has 5 heteroatoms. The number of nitrogens with zero attached hydrogens (tertiary/aromatic N) is 1. The SMILES string of the molecule is Nc1c(NCC2CC2)ccc(-c2ccc(CN3CCNCC3)cc2)c1Cl. The molecule has 138 valence electrons. The summed E-state index contributed by atoms with van der Waals surface area (Å²) in [6.45, 7) is 6.36. The van der Waals surface area contributed by atoms with Gasteiger partial charge in [0.2, 0.25) is 0 Å². The second-order valence-electron chi connectivity index (χ2n) is 7.44. The van der Waals surface area contributed by atoms with E-state index in [1.807, 2.05) is 6.07 Å². The first kappa shape index (κ1) is 17.7. The molecule has 0 spiro atoms. The Balaban J connectivity index is 1.46. The Labute approximate surface area is 160 Å². The Bertz CT molecular complexity index is 749. The fourth-order valence-electron chi connectivity index (χ4n) is 3.46. The molecule has 0 amide bonds. The van der Waals surface area contributed by atoms with Crippen LogP contribution in [0.4, 0.5) is 11.4 Å². The standard InChI is InChI=1S/C21H27ClN4/c22-20-18(7-8-19(21(20)23)25-13-15-1-2-15)17-5-3-16(4-6-17)14-26-11-9-24-10-12-26/h3-8,15,24-25H,1-2,9-14,23H2. The Hall–Kier alpha value is -1.75. The molecule has 1 heterocycles. The number of hydrogen-bond acceptors (Lipinski definition) is 4. The van der Waals surface area contributed by atoms with Crippen molar-refractivity contribution in [2.75, 3.05) is 43.8 Å². The van der Waals surface area contributed by atoms with E-state index in [1.165, 1.54) is 18.4 Å². The van der Waals surface area contributed by atoms with Gasteiger partial charge in [-0.2, -0.15) is 0 Å². The van der Waals surface area contributed by atoms with Gasteiger partial charge in [-0.3, -0.25) is 4.90 Å². The third kappa shape index (κ3) is 4.14. The van der Waals surface area contributed by atoms with E-state index in [2.05, 4.69) is 45.9 Å². The quantitative estimate of drug-likeness (QED) is 0.677. The third-order valence-electron chi connectivity index (χ3n) is 5.34. The molecule has 2 fully saturated rings. The van der Waals surface area contributed by atoms with Crippen LogP contribution in [0.25, 0.3) is 11.1 Å². The molecule has 1 aliphatic carbocycles. The van der Waals surface area contributed by atoms with E-state index in [-0.39, 0.29) is 0 Å². The molecule has 0 bridgehead atoms. The van der Waals surface area contributed by atoms with Crippen molar-refractivity contribution in [1.29, 1.82) is 0 Å². The minimum Gasteiger partial charge on any atom is -0.396 e. The van der Waals surface area contributed by atoms with Crippen LogP contribution in [-0.2, 0) is 6.54 Å². The van der Waals surface area contributed by atoms with Crippen molar-refractivity contribution in [2.45, 2.75) is 19.4 Å². The summed E-state index contributed by atoms with van der Waals surface area (Å²) in [6, 6.07) is 12.8. The number of nitrogen functional groups attached to an aromatic ring is 1. The lowest BCUT2D eigenvalue weighted by Crippen LogP contribution is -2.42. The summed E-state index contributed by atoms with van der Waals surface area (Å²) in [6.07, 6.45) is 2.64. The highest BCUT2D eigenvalue weighted by molar-refractivity contribution is 6.36. The minimum atomic E-state index is 0.639. The summed E-state index contributed by atoms with van der Waals surface area (Å²) >= 11 is 6.58. The van der Waals surface area contributed by atoms with Crippen molar-refractivity contribution in [3.63, 3.8) is 0 Å². The number of hydrogen-bond donors (Lipinski definition) is 3. The van der Waals surface area contributed by atoms with Crippen molar-refractivity contribution in [1.82, 2.24) is 10.2 Å². The fraction of sp³-hybridized carbons (Fsp3) is 0.429. The zero-order valence-corrected chi connectivity index (χ0v) is 15.9. The lowest BCUT2D eigenvalue weighted by Gasteiger charge is -2.27. The first-order valence-electron chi connectivity index (χ1n) is 9.55. The monoisotopic (exact) mass is 370 g/mol. The van der Waals surface area contributed by atoms with Crippen LogP contribution >= 0.6 is 11.6 Å². The van der Waals surface area contributed by atoms with Gasteiger partial charge in [-0.1, -0.05) is 41.9 Å². The van der Waals surface area contributed by atoms with Gasteiger partial charge >= 0.3 is 0 Å². The number of anilines is 2. The van der Waals surface area contributed by atoms with Crippen LogP contribution in [0, 0.1) is 5.92 Å². The van der Waals surface area contributed by atoms with Gasteiger partial charge in [-0.05, 0) is 36.0 Å². The first-order chi connectivity index (χ1) is 12.7. The maximum atomic E-state index is 6.58. The number of halogens is 1. The van der Waals surface area contributed by atoms with E-state index in [0.29, 0.717) is 10.7 Å². The van der Waals surface area contributed by atoms with Gasteiger partial charge in [0.25, 0.3) is 0 Å². The van der Waals surface area contributed by atoms with Gasteiger partial charge in [0.15, 0.2) is 0 Å². The van der Waals surface area contributed by atoms with Gasteiger partial charge in [0, 0.05) is 44.8 Å². The van der Waals surface area contributed by atoms with Crippen LogP contribution in [-0.4, -0.2) is 37.6 Å². The van der Waals surface area contributed by atoms with Gasteiger partial charge < -0.3 is 16.4 Å². The van der Waals surface area contributed by atoms with Gasteiger partial charge in [-0.15, -0.1) is 0 Å². The van der Waals surface area contributed by atoms with Crippen molar-refractivity contribution >= 4 is 23.0 Å². The van der Waals surface area contributed by atoms with Crippen LogP contribution in [0.3, 0.4) is 0 Å². The van der Waals surface area contributed by atoms with Gasteiger partial charge in [0.05, 0.1) is 16.4 Å². The second-order valence-corrected chi connectivity index (χ2v) is 7.81. The largest absolute Gasteiger partial charge is 0.396 e. The molecule has 0 radical (unpaired) electrons. The summed E-state index contributed by atoms with van der Waals surface area (Å²) in [5, 5.41) is 7.46. The van der Waals surface area contributed by atoms with Crippen LogP contribution in [0.2, 0.25) is 5.02 Å². The van der Waals surface area contributed by atoms with Crippen molar-refractivity contribution in [2.24, 2.45) is 5.92 Å². The van der Waals surface area contributed by atoms with E-state index >= 15 is 0 Å². The highest BCUT2D eigenvalue weighted by Crippen LogP contribution is 2.38. The fourth-order valence-corrected chi connectivity index (χ4v) is 3.74. The minimum absolute atomic E-state index is 0.639. The lowest BCUT2D eigenvalue weighted by molar-refractivity contribution is 0.233. The Kier molecular flexibility index (Phi) is 5.34. The summed E-state index contributed by atoms with van der Waals surface area (Å²) in [5.74, 6) is 0.802. The van der Waals surface area contributed by atoms with Gasteiger partial charge in [0.1, 0.15) is 0 Å². The van der Waals surface area contributed by atoms with Crippen LogP contribution in [0.15, 0.2) is 36.4 Å². The maximum Gasteiger partial charge on any atom is 0.0745 e. The molecule has 26 heavy (non-hydrogen) atoms. The van der Waals surface area contributed by atoms with Crippen LogP contribution in [0.1, 0.15) is 18.4 Å². The number of benzene rings is 2. The lowest BCUT2D eigenvalue weighted by atomic mass is 10.0. The predicted octanol–water partition coefficient (Wildman–Crippen LogP) is 3.82. The topological polar surface area (TPSA) is 53.3 Å². The predicted molar refractivity (Wildman–Crippen MR) is 111 cm³/mol. The second kappa shape index (κ2) is 7.87. The summed E-state index contributed by atoms with van der Waals surface area (Å²) in [4.78, 5) is 2.48. The average Bonchev–Trinajstić information content (AvgIpc) is 3.49. The molecular weight excluding hydrogens is 344 g/mol. The zero-order chi connectivity index (χ0) is 17.9. The molecule has 0 unspecified atom stereocenters. The Morgan fingerprint density at radius 3 is 2.50 bits per heavy atom. The Morgan fingerprint density at radius 1 is 1.08 bits per heavy atom. The summed E-state index contributed by atoms with van der Waals surface area (Å²) in [5.41, 5.74) is 11.3. The number of nitrogens with two attached hydrogens (primary N) is 1. The normalized spacial score (nSPS) is 18.0. The van der Waals surface area contributed by atoms with Crippen molar-refractivity contribution < 1.29 is 0 Å². The number of rotatable bonds is 6. The third-order valence-corrected chi connectivity index (χ3v) is 5.75. The highest BCUT2D eigenvalue weighted by atomic mass is 35.5. The molecule has 4 N–H and O–H groups in total. The molecular formula is C21H27ClN4. The smallest absolute Gasteiger partial charge is 0.0745 e. The first-order valence-corrected chi connectivity index (χ1v) is 9.93. The molecule has 4 rings (SSSR count). The van der Waals surface area contributed by atoms with E-state index < -0.39 is 0 Å². The van der Waals surface area contributed by atoms with Crippen molar-refractivity contribution in [3.8, 4) is 11.1 Å². The van der Waals surface area contributed by atoms with E-state index in [0.717, 1.165) is 62.0 Å². The van der Waals surface area contributed by atoms with Crippen LogP contribution in [0.5, 0.6) is 0 Å². The average molecular weight is 371 g/mol. The molecule has 2 aromatic carbocycles. The number of piperazine rings is 1. The summed E-state index contributed by atoms with van der Waals surface area (Å²) < 4.78 is 0. The summed E-state index contributed by atoms with van der Waals surface area (Å²) in [7, 11) is 0. The van der Waals surface area contributed by atoms with Gasteiger partial charge in [-0.25, -0.2) is 0 Å². The van der Waals surface area contributed by atoms with E-state index in [9.17, 15) is 0 Å². The van der Waals surface area contributed by atoms with E-state index in [4.69, 9.17) is 17.3 Å². The van der Waals surface area contributed by atoms with Crippen LogP contribution < -0.4 is 16.4 Å². The zero-order valence-electron chi connectivity index (χ0n) is 15.1. The molecule has 1 saturated carbocycles. The Morgan fingerprint density at radius 2 is 1.81 bits per heavy atom. The maximum absolute atomic E-state index is 6.58. The van der Waals surface area contributed by atoms with E-state index in [1.54, 1.807) is 0 Å². The highest BCUT2D eigenvalue weighted by Gasteiger charge is 2.21. The number of nitrogens with one attached hydrogen (secondary N) is 2. The molecule has 1 aliphatic heterocycles. The molecule has 1 saturated heterocycles. The molecule has 2 aliphatic rings.